The number of benzene rings is 3. The summed E-state index contributed by atoms with van der Waals surface area (Å²) in [5.41, 5.74) is 6.53. The molecule has 0 amide bonds. The lowest BCUT2D eigenvalue weighted by molar-refractivity contribution is 0.404. The largest absolute Gasteiger partial charge is 0.351 e. The summed E-state index contributed by atoms with van der Waals surface area (Å²) in [6, 6.07) is 22.0. The van der Waals surface area contributed by atoms with E-state index in [0.29, 0.717) is 16.8 Å². The molecule has 4 aromatic rings. The number of anilines is 1. The highest BCUT2D eigenvalue weighted by Gasteiger charge is 2.34. The lowest BCUT2D eigenvalue weighted by Gasteiger charge is -2.37. The normalized spacial score (nSPS) is 16.1. The molecule has 5 rings (SSSR count). The summed E-state index contributed by atoms with van der Waals surface area (Å²) < 4.78 is 19.4. The van der Waals surface area contributed by atoms with Crippen LogP contribution in [0.1, 0.15) is 35.5 Å². The molecule has 1 unspecified atom stereocenters. The Morgan fingerprint density at radius 2 is 1.65 bits per heavy atom. The Labute approximate surface area is 202 Å². The second-order valence-corrected chi connectivity index (χ2v) is 8.79. The fraction of sp³-hybridized carbons (Fsp3) is 0.148. The molecule has 2 heterocycles. The Balaban J connectivity index is 1.66. The van der Waals surface area contributed by atoms with Gasteiger partial charge in [-0.05, 0) is 74.4 Å². The molecule has 170 valence electrons. The highest BCUT2D eigenvalue weighted by molar-refractivity contribution is 7.80. The molecule has 0 fully saturated rings. The van der Waals surface area contributed by atoms with Crippen LogP contribution in [0, 0.1) is 19.7 Å². The van der Waals surface area contributed by atoms with E-state index in [1.165, 1.54) is 12.1 Å². The van der Waals surface area contributed by atoms with E-state index < -0.39 is 0 Å². The Morgan fingerprint density at radius 3 is 2.35 bits per heavy atom. The first-order valence-corrected chi connectivity index (χ1v) is 11.4. The second-order valence-electron chi connectivity index (χ2n) is 8.40. The van der Waals surface area contributed by atoms with Crippen molar-refractivity contribution in [3.63, 3.8) is 0 Å². The summed E-state index contributed by atoms with van der Waals surface area (Å²) in [7, 11) is 0. The molecule has 34 heavy (non-hydrogen) atoms. The van der Waals surface area contributed by atoms with Crippen LogP contribution in [0.4, 0.5) is 10.1 Å². The van der Waals surface area contributed by atoms with Crippen molar-refractivity contribution in [3.8, 4) is 11.4 Å². The van der Waals surface area contributed by atoms with E-state index in [-0.39, 0.29) is 11.9 Å². The number of halogens is 1. The topological polar surface area (TPSA) is 54.2 Å². The van der Waals surface area contributed by atoms with Crippen LogP contribution in [0.25, 0.3) is 17.0 Å². The number of aromatic nitrogens is 2. The average molecular weight is 471 g/mol. The molecule has 7 heteroatoms. The number of nitrogens with one attached hydrogen (secondary N) is 1. The van der Waals surface area contributed by atoms with E-state index >= 15 is 0 Å². The summed E-state index contributed by atoms with van der Waals surface area (Å²) >= 11 is 5.77. The van der Waals surface area contributed by atoms with Gasteiger partial charge < -0.3 is 9.84 Å². The molecular formula is C27H23FN4OS. The van der Waals surface area contributed by atoms with Gasteiger partial charge in [0.25, 0.3) is 5.89 Å². The molecule has 3 aromatic carbocycles. The third-order valence-corrected chi connectivity index (χ3v) is 6.18. The van der Waals surface area contributed by atoms with Gasteiger partial charge in [-0.1, -0.05) is 53.2 Å². The van der Waals surface area contributed by atoms with Gasteiger partial charge >= 0.3 is 0 Å². The van der Waals surface area contributed by atoms with Gasteiger partial charge in [0.15, 0.2) is 5.11 Å². The van der Waals surface area contributed by atoms with Crippen molar-refractivity contribution in [1.29, 1.82) is 0 Å². The minimum absolute atomic E-state index is 0.301. The van der Waals surface area contributed by atoms with Crippen molar-refractivity contribution in [1.82, 2.24) is 15.5 Å². The van der Waals surface area contributed by atoms with E-state index in [1.807, 2.05) is 68.1 Å². The van der Waals surface area contributed by atoms with E-state index in [2.05, 4.69) is 16.5 Å². The standard InChI is InChI=1S/C27H23FN4OS/c1-16-6-4-8-20(14-16)25-30-26(33-31-25)23-18(3)32(22-9-5-7-17(2)15-22)27(34)29-24(23)19-10-12-21(28)13-11-19/h4-15,24H,1-3H3,(H,29,34). The lowest BCUT2D eigenvalue weighted by atomic mass is 9.94. The highest BCUT2D eigenvalue weighted by atomic mass is 32.1. The van der Waals surface area contributed by atoms with Crippen molar-refractivity contribution in [2.24, 2.45) is 0 Å². The lowest BCUT2D eigenvalue weighted by Crippen LogP contribution is -2.46. The van der Waals surface area contributed by atoms with Crippen LogP contribution in [-0.2, 0) is 0 Å². The molecule has 0 bridgehead atoms. The van der Waals surface area contributed by atoms with Gasteiger partial charge in [-0.25, -0.2) is 4.39 Å². The molecule has 1 atom stereocenters. The number of allylic oxidation sites excluding steroid dienone is 1. The highest BCUT2D eigenvalue weighted by Crippen LogP contribution is 2.39. The molecule has 1 aliphatic heterocycles. The molecule has 1 aliphatic rings. The summed E-state index contributed by atoms with van der Waals surface area (Å²) in [5, 5.41) is 8.20. The zero-order chi connectivity index (χ0) is 23.8. The monoisotopic (exact) mass is 470 g/mol. The number of thiocarbonyl (C=S) groups is 1. The van der Waals surface area contributed by atoms with Gasteiger partial charge in [-0.15, -0.1) is 0 Å². The fourth-order valence-electron chi connectivity index (χ4n) is 4.24. The van der Waals surface area contributed by atoms with Crippen LogP contribution in [-0.4, -0.2) is 15.3 Å². The third-order valence-electron chi connectivity index (χ3n) is 5.88. The smallest absolute Gasteiger partial charge is 0.258 e. The van der Waals surface area contributed by atoms with Gasteiger partial charge in [-0.3, -0.25) is 4.90 Å². The molecule has 0 aliphatic carbocycles. The number of rotatable bonds is 4. The third kappa shape index (κ3) is 4.10. The van der Waals surface area contributed by atoms with Gasteiger partial charge in [0.1, 0.15) is 5.82 Å². The van der Waals surface area contributed by atoms with Crippen LogP contribution in [0.3, 0.4) is 0 Å². The minimum atomic E-state index is -0.375. The number of hydrogen-bond donors (Lipinski definition) is 1. The van der Waals surface area contributed by atoms with Crippen LogP contribution in [0.15, 0.2) is 83.0 Å². The van der Waals surface area contributed by atoms with Crippen molar-refractivity contribution in [3.05, 3.63) is 107 Å². The van der Waals surface area contributed by atoms with Crippen molar-refractivity contribution in [2.75, 3.05) is 4.90 Å². The van der Waals surface area contributed by atoms with Crippen molar-refractivity contribution >= 4 is 28.6 Å². The van der Waals surface area contributed by atoms with Crippen molar-refractivity contribution < 1.29 is 8.91 Å². The van der Waals surface area contributed by atoms with E-state index in [1.54, 1.807) is 12.1 Å². The van der Waals surface area contributed by atoms with E-state index in [0.717, 1.165) is 39.2 Å². The Kier molecular flexibility index (Phi) is 5.71. The summed E-state index contributed by atoms with van der Waals surface area (Å²) in [6.45, 7) is 6.04. The zero-order valence-corrected chi connectivity index (χ0v) is 19.9. The summed E-state index contributed by atoms with van der Waals surface area (Å²) in [5.74, 6) is 0.591. The number of hydrogen-bond acceptors (Lipinski definition) is 4. The molecule has 1 aromatic heterocycles. The Bertz CT molecular complexity index is 1410. The van der Waals surface area contributed by atoms with Gasteiger partial charge in [0, 0.05) is 16.9 Å². The molecule has 5 nitrogen and oxygen atoms in total. The zero-order valence-electron chi connectivity index (χ0n) is 19.0. The Hall–Kier alpha value is -3.84. The predicted octanol–water partition coefficient (Wildman–Crippen LogP) is 6.36. The maximum absolute atomic E-state index is 13.7. The van der Waals surface area contributed by atoms with Crippen LogP contribution >= 0.6 is 12.2 Å². The maximum Gasteiger partial charge on any atom is 0.258 e. The van der Waals surface area contributed by atoms with Gasteiger partial charge in [0.05, 0.1) is 11.6 Å². The average Bonchev–Trinajstić information content (AvgIpc) is 3.29. The number of nitrogens with zero attached hydrogens (tertiary/aromatic N) is 3. The van der Waals surface area contributed by atoms with Crippen LogP contribution in [0.2, 0.25) is 0 Å². The minimum Gasteiger partial charge on any atom is -0.351 e. The van der Waals surface area contributed by atoms with Gasteiger partial charge in [-0.2, -0.15) is 4.98 Å². The van der Waals surface area contributed by atoms with Crippen LogP contribution < -0.4 is 10.2 Å². The molecule has 0 saturated heterocycles. The fourth-order valence-corrected chi connectivity index (χ4v) is 4.60. The molecule has 1 N–H and O–H groups in total. The predicted molar refractivity (Wildman–Crippen MR) is 136 cm³/mol. The molecule has 0 radical (unpaired) electrons. The summed E-state index contributed by atoms with van der Waals surface area (Å²) in [6.07, 6.45) is 0. The quantitative estimate of drug-likeness (QED) is 0.350. The van der Waals surface area contributed by atoms with E-state index in [4.69, 9.17) is 21.7 Å². The second kappa shape index (κ2) is 8.83. The SMILES string of the molecule is CC1=C(c2nc(-c3cccc(C)c3)no2)C(c2ccc(F)cc2)NC(=S)N1c1cccc(C)c1. The molecule has 0 spiro atoms. The van der Waals surface area contributed by atoms with Crippen LogP contribution in [0.5, 0.6) is 0 Å². The first-order chi connectivity index (χ1) is 16.4. The first-order valence-electron chi connectivity index (χ1n) is 11.0. The van der Waals surface area contributed by atoms with E-state index in [9.17, 15) is 4.39 Å². The Morgan fingerprint density at radius 1 is 0.941 bits per heavy atom. The van der Waals surface area contributed by atoms with Gasteiger partial charge in [0.2, 0.25) is 5.82 Å². The van der Waals surface area contributed by atoms with Crippen molar-refractivity contribution in [2.45, 2.75) is 26.8 Å². The molecular weight excluding hydrogens is 447 g/mol. The maximum atomic E-state index is 13.7. The first kappa shape index (κ1) is 22.0. The molecule has 0 saturated carbocycles. The summed E-state index contributed by atoms with van der Waals surface area (Å²) in [4.78, 5) is 6.71. The number of aryl methyl sites for hydroxylation is 2.